The van der Waals surface area contributed by atoms with Crippen molar-refractivity contribution in [2.45, 2.75) is 5.37 Å². The second-order valence-electron chi connectivity index (χ2n) is 3.24. The highest BCUT2D eigenvalue weighted by molar-refractivity contribution is 7.65. The molecule has 0 aliphatic heterocycles. The molecule has 0 amide bonds. The molecule has 0 heterocycles. The van der Waals surface area contributed by atoms with Crippen molar-refractivity contribution in [3.63, 3.8) is 0 Å². The van der Waals surface area contributed by atoms with Crippen LogP contribution in [0.25, 0.3) is 0 Å². The number of benzene rings is 1. The maximum absolute atomic E-state index is 10.7. The molecule has 1 aromatic rings. The van der Waals surface area contributed by atoms with Gasteiger partial charge in [-0.3, -0.25) is 0 Å². The topological polar surface area (TPSA) is 70.0 Å². The minimum Gasteiger partial charge on any atom is -0.400 e. The summed E-state index contributed by atoms with van der Waals surface area (Å²) < 4.78 is 20.9. The van der Waals surface area contributed by atoms with Crippen LogP contribution >= 0.6 is 0 Å². The molecule has 0 aliphatic carbocycles. The number of rotatable bonds is 4. The molecule has 5 nitrogen and oxygen atoms in total. The lowest BCUT2D eigenvalue weighted by Crippen LogP contribution is -2.18. The van der Waals surface area contributed by atoms with Crippen LogP contribution in [-0.4, -0.2) is 36.4 Å². The van der Waals surface area contributed by atoms with Crippen molar-refractivity contribution < 1.29 is 23.6 Å². The zero-order chi connectivity index (χ0) is 13.3. The molecule has 8 heteroatoms. The fraction of sp³-hybridized carbons (Fsp3) is 0.333. The lowest BCUT2D eigenvalue weighted by Gasteiger charge is -2.08. The molecular formula is C9H14BFNO4S+. The van der Waals surface area contributed by atoms with Crippen LogP contribution in [0, 0.1) is 0 Å². The third kappa shape index (κ3) is 7.08. The average molecular weight is 262 g/mol. The van der Waals surface area contributed by atoms with Gasteiger partial charge in [-0.1, -0.05) is 34.9 Å². The van der Waals surface area contributed by atoms with Gasteiger partial charge in [0.15, 0.2) is 0 Å². The fourth-order valence-electron chi connectivity index (χ4n) is 1.06. The fourth-order valence-corrected chi connectivity index (χ4v) is 1.50. The Labute approximate surface area is 103 Å². The SMILES string of the molecule is CN(C)C([S+]=O)c1ccccc1.OB(O)OF. The Bertz CT molecular complexity index is 315. The van der Waals surface area contributed by atoms with Crippen molar-refractivity contribution in [3.8, 4) is 0 Å². The normalized spacial score (nSPS) is 11.4. The number of halogens is 1. The van der Waals surface area contributed by atoms with Crippen LogP contribution in [0.15, 0.2) is 30.3 Å². The zero-order valence-corrected chi connectivity index (χ0v) is 10.3. The highest BCUT2D eigenvalue weighted by Crippen LogP contribution is 2.16. The molecule has 94 valence electrons. The van der Waals surface area contributed by atoms with E-state index in [-0.39, 0.29) is 5.37 Å². The first-order valence-corrected chi connectivity index (χ1v) is 5.47. The van der Waals surface area contributed by atoms with Crippen LogP contribution in [0.1, 0.15) is 10.9 Å². The molecule has 1 atom stereocenters. The van der Waals surface area contributed by atoms with E-state index in [1.807, 2.05) is 49.3 Å². The molecular weight excluding hydrogens is 248 g/mol. The van der Waals surface area contributed by atoms with E-state index in [9.17, 15) is 8.74 Å². The van der Waals surface area contributed by atoms with Gasteiger partial charge in [-0.15, -0.1) is 0 Å². The van der Waals surface area contributed by atoms with E-state index in [1.165, 1.54) is 0 Å². The molecule has 1 unspecified atom stereocenters. The van der Waals surface area contributed by atoms with Gasteiger partial charge in [-0.2, -0.15) is 4.86 Å². The molecule has 0 saturated carbocycles. The second kappa shape index (κ2) is 9.14. The van der Waals surface area contributed by atoms with Crippen molar-refractivity contribution in [2.75, 3.05) is 14.1 Å². The van der Waals surface area contributed by atoms with Gasteiger partial charge in [-0.05, 0) is 14.1 Å². The Morgan fingerprint density at radius 1 is 1.35 bits per heavy atom. The third-order valence-electron chi connectivity index (χ3n) is 1.72. The highest BCUT2D eigenvalue weighted by atomic mass is 32.1. The van der Waals surface area contributed by atoms with E-state index in [4.69, 9.17) is 10.0 Å². The third-order valence-corrected chi connectivity index (χ3v) is 2.60. The molecule has 0 radical (unpaired) electrons. The molecule has 0 fully saturated rings. The van der Waals surface area contributed by atoms with Gasteiger partial charge >= 0.3 is 24.4 Å². The Morgan fingerprint density at radius 2 is 1.82 bits per heavy atom. The maximum Gasteiger partial charge on any atom is 0.667 e. The molecule has 17 heavy (non-hydrogen) atoms. The summed E-state index contributed by atoms with van der Waals surface area (Å²) in [7, 11) is 1.53. The van der Waals surface area contributed by atoms with Crippen molar-refractivity contribution in [2.24, 2.45) is 0 Å². The molecule has 0 spiro atoms. The van der Waals surface area contributed by atoms with Gasteiger partial charge in [0.1, 0.15) is 0 Å². The highest BCUT2D eigenvalue weighted by Gasteiger charge is 2.25. The standard InChI is InChI=1S/C9H12NOS.BFH2O3/c1-10(2)9(12-11)8-6-4-3-5-7-8;2-5-1(3)4/h3-7,9H,1-2H3;3-4H/q+1;. The molecule has 1 rings (SSSR count). The molecule has 1 aromatic carbocycles. The Balaban J connectivity index is 0.000000437. The summed E-state index contributed by atoms with van der Waals surface area (Å²) in [5, 5.41) is 14.6. The molecule has 0 saturated heterocycles. The summed E-state index contributed by atoms with van der Waals surface area (Å²) in [6, 6.07) is 9.78. The molecule has 0 bridgehead atoms. The first kappa shape index (κ1) is 16.1. The summed E-state index contributed by atoms with van der Waals surface area (Å²) in [5.74, 6) is 0. The van der Waals surface area contributed by atoms with Gasteiger partial charge in [0.25, 0.3) is 0 Å². The summed E-state index contributed by atoms with van der Waals surface area (Å²) in [6.07, 6.45) is 0. The van der Waals surface area contributed by atoms with Crippen molar-refractivity contribution in [1.82, 2.24) is 4.90 Å². The predicted octanol–water partition coefficient (Wildman–Crippen LogP) is 0.532. The van der Waals surface area contributed by atoms with E-state index in [1.54, 1.807) is 0 Å². The quantitative estimate of drug-likeness (QED) is 0.470. The van der Waals surface area contributed by atoms with Crippen LogP contribution < -0.4 is 0 Å². The van der Waals surface area contributed by atoms with Gasteiger partial charge in [0.2, 0.25) is 0 Å². The number of hydrogen-bond acceptors (Lipinski definition) is 5. The zero-order valence-electron chi connectivity index (χ0n) is 9.49. The van der Waals surface area contributed by atoms with Gasteiger partial charge in [0.05, 0.1) is 0 Å². The summed E-state index contributed by atoms with van der Waals surface area (Å²) in [5.41, 5.74) is 1.06. The van der Waals surface area contributed by atoms with Crippen molar-refractivity contribution >= 4 is 19.0 Å². The van der Waals surface area contributed by atoms with E-state index in [0.29, 0.717) is 11.7 Å². The summed E-state index contributed by atoms with van der Waals surface area (Å²) >= 11 is 0.607. The van der Waals surface area contributed by atoms with E-state index >= 15 is 0 Å². The minimum absolute atomic E-state index is 0.0776. The van der Waals surface area contributed by atoms with Gasteiger partial charge in [0, 0.05) is 9.77 Å². The minimum atomic E-state index is -2.28. The maximum atomic E-state index is 10.7. The van der Waals surface area contributed by atoms with Crippen LogP contribution in [-0.2, 0) is 20.7 Å². The lowest BCUT2D eigenvalue weighted by molar-refractivity contribution is -0.0560. The Morgan fingerprint density at radius 3 is 2.12 bits per heavy atom. The number of nitrogens with zero attached hydrogens (tertiary/aromatic N) is 1. The summed E-state index contributed by atoms with van der Waals surface area (Å²) in [4.78, 5) is 4.27. The largest absolute Gasteiger partial charge is 0.667 e. The predicted molar refractivity (Wildman–Crippen MR) is 63.3 cm³/mol. The second-order valence-corrected chi connectivity index (χ2v) is 3.88. The smallest absolute Gasteiger partial charge is 0.400 e. The van der Waals surface area contributed by atoms with E-state index < -0.39 is 7.32 Å². The lowest BCUT2D eigenvalue weighted by atomic mass is 10.2. The van der Waals surface area contributed by atoms with E-state index in [0.717, 1.165) is 5.56 Å². The average Bonchev–Trinajstić information content (AvgIpc) is 2.31. The van der Waals surface area contributed by atoms with Crippen LogP contribution in [0.3, 0.4) is 0 Å². The first-order chi connectivity index (χ1) is 8.02. The Hall–Kier alpha value is -0.925. The van der Waals surface area contributed by atoms with Crippen molar-refractivity contribution in [3.05, 3.63) is 35.9 Å². The monoisotopic (exact) mass is 262 g/mol. The molecule has 0 aliphatic rings. The van der Waals surface area contributed by atoms with Crippen LogP contribution in [0.4, 0.5) is 4.53 Å². The molecule has 2 N–H and O–H groups in total. The van der Waals surface area contributed by atoms with E-state index in [2.05, 4.69) is 4.86 Å². The van der Waals surface area contributed by atoms with Crippen molar-refractivity contribution in [1.29, 1.82) is 0 Å². The number of hydrogen-bond donors (Lipinski definition) is 2. The first-order valence-electron chi connectivity index (χ1n) is 4.66. The van der Waals surface area contributed by atoms with Gasteiger partial charge < -0.3 is 10.0 Å². The summed E-state index contributed by atoms with van der Waals surface area (Å²) in [6.45, 7) is 0. The Kier molecular flexibility index (Phi) is 8.64. The van der Waals surface area contributed by atoms with Gasteiger partial charge in [-0.25, -0.2) is 4.90 Å². The van der Waals surface area contributed by atoms with Crippen LogP contribution in [0.5, 0.6) is 0 Å². The van der Waals surface area contributed by atoms with Crippen LogP contribution in [0.2, 0.25) is 0 Å². The molecule has 0 aromatic heterocycles.